The molecule has 3 aliphatic heterocycles. The summed E-state index contributed by atoms with van der Waals surface area (Å²) in [5.74, 6) is 0.295. The number of amides is 2. The van der Waals surface area contributed by atoms with Crippen LogP contribution in [0.3, 0.4) is 0 Å². The minimum absolute atomic E-state index is 0.0394. The molecule has 27 heavy (non-hydrogen) atoms. The van der Waals surface area contributed by atoms with Gasteiger partial charge in [0.05, 0.1) is 19.3 Å². The number of aromatic nitrogens is 2. The molecule has 0 saturated carbocycles. The molecule has 4 heterocycles. The van der Waals surface area contributed by atoms with E-state index in [2.05, 4.69) is 17.0 Å². The van der Waals surface area contributed by atoms with Crippen LogP contribution in [0.5, 0.6) is 0 Å². The van der Waals surface area contributed by atoms with E-state index in [1.54, 1.807) is 24.0 Å². The predicted molar refractivity (Wildman–Crippen MR) is 99.2 cm³/mol. The Bertz CT molecular complexity index is 704. The Morgan fingerprint density at radius 3 is 2.44 bits per heavy atom. The van der Waals surface area contributed by atoms with Crippen LogP contribution < -0.4 is 0 Å². The third kappa shape index (κ3) is 3.48. The second kappa shape index (κ2) is 7.24. The average molecular weight is 375 g/mol. The number of carbonyl (C=O) groups excluding carboxylic acids is 2. The molecule has 1 aromatic heterocycles. The number of carbonyl (C=O) groups is 2. The van der Waals surface area contributed by atoms with Crippen LogP contribution in [0.25, 0.3) is 0 Å². The number of rotatable bonds is 2. The third-order valence-corrected chi connectivity index (χ3v) is 6.50. The number of hydrogen-bond donors (Lipinski definition) is 0. The first kappa shape index (κ1) is 18.4. The molecule has 1 spiro atoms. The summed E-state index contributed by atoms with van der Waals surface area (Å²) >= 11 is 0. The number of ether oxygens (including phenoxy) is 1. The van der Waals surface area contributed by atoms with Gasteiger partial charge in [-0.3, -0.25) is 19.2 Å². The zero-order valence-electron chi connectivity index (χ0n) is 16.3. The van der Waals surface area contributed by atoms with Gasteiger partial charge >= 0.3 is 0 Å². The molecule has 1 atom stereocenters. The van der Waals surface area contributed by atoms with Crippen LogP contribution in [0, 0.1) is 5.41 Å². The van der Waals surface area contributed by atoms with E-state index in [9.17, 15) is 9.59 Å². The number of likely N-dealkylation sites (N-methyl/N-ethyl adjacent to an activating group) is 1. The predicted octanol–water partition coefficient (Wildman–Crippen LogP) is 0.205. The summed E-state index contributed by atoms with van der Waals surface area (Å²) < 4.78 is 7.00. The largest absolute Gasteiger partial charge is 0.378 e. The number of aryl methyl sites for hydroxylation is 1. The molecule has 0 aromatic carbocycles. The molecule has 8 heteroatoms. The normalized spacial score (nSPS) is 25.9. The Labute approximate surface area is 160 Å². The summed E-state index contributed by atoms with van der Waals surface area (Å²) in [5, 5.41) is 4.10. The number of nitrogens with zero attached hydrogens (tertiary/aromatic N) is 5. The van der Waals surface area contributed by atoms with Gasteiger partial charge in [0, 0.05) is 46.0 Å². The van der Waals surface area contributed by atoms with Gasteiger partial charge in [0.2, 0.25) is 5.91 Å². The number of hydrogen-bond acceptors (Lipinski definition) is 5. The van der Waals surface area contributed by atoms with Crippen LogP contribution in [-0.4, -0.2) is 95.3 Å². The molecule has 3 fully saturated rings. The summed E-state index contributed by atoms with van der Waals surface area (Å²) in [6.45, 7) is 5.09. The van der Waals surface area contributed by atoms with Gasteiger partial charge in [0.25, 0.3) is 5.91 Å². The van der Waals surface area contributed by atoms with Gasteiger partial charge < -0.3 is 14.5 Å². The van der Waals surface area contributed by atoms with Crippen molar-refractivity contribution >= 4 is 11.8 Å². The summed E-state index contributed by atoms with van der Waals surface area (Å²) in [7, 11) is 3.86. The molecule has 4 rings (SSSR count). The highest BCUT2D eigenvalue weighted by atomic mass is 16.5. The second-order valence-corrected chi connectivity index (χ2v) is 8.20. The first-order valence-electron chi connectivity index (χ1n) is 9.83. The van der Waals surface area contributed by atoms with Crippen molar-refractivity contribution in [3.63, 3.8) is 0 Å². The first-order chi connectivity index (χ1) is 13.0. The molecule has 1 unspecified atom stereocenters. The molecule has 2 amide bonds. The lowest BCUT2D eigenvalue weighted by atomic mass is 9.76. The fraction of sp³-hybridized carbons (Fsp3) is 0.737. The molecule has 0 N–H and O–H groups in total. The topological polar surface area (TPSA) is 70.9 Å². The van der Waals surface area contributed by atoms with E-state index in [0.717, 1.165) is 38.9 Å². The van der Waals surface area contributed by atoms with Crippen molar-refractivity contribution in [1.82, 2.24) is 24.5 Å². The summed E-state index contributed by atoms with van der Waals surface area (Å²) in [4.78, 5) is 31.8. The van der Waals surface area contributed by atoms with E-state index < -0.39 is 0 Å². The monoisotopic (exact) mass is 375 g/mol. The van der Waals surface area contributed by atoms with Crippen molar-refractivity contribution in [3.05, 3.63) is 18.0 Å². The van der Waals surface area contributed by atoms with E-state index in [0.29, 0.717) is 32.0 Å². The van der Waals surface area contributed by atoms with Crippen LogP contribution >= 0.6 is 0 Å². The van der Waals surface area contributed by atoms with Gasteiger partial charge in [-0.05, 0) is 37.8 Å². The molecule has 1 aromatic rings. The number of morpholine rings is 1. The Morgan fingerprint density at radius 1 is 1.11 bits per heavy atom. The first-order valence-corrected chi connectivity index (χ1v) is 9.83. The second-order valence-electron chi connectivity index (χ2n) is 8.20. The molecular formula is C19H29N5O3. The van der Waals surface area contributed by atoms with E-state index in [1.165, 1.54) is 0 Å². The van der Waals surface area contributed by atoms with Crippen LogP contribution in [0.1, 0.15) is 29.8 Å². The minimum Gasteiger partial charge on any atom is -0.378 e. The maximum absolute atomic E-state index is 13.0. The third-order valence-electron chi connectivity index (χ3n) is 6.50. The highest BCUT2D eigenvalue weighted by Gasteiger charge is 2.48. The number of likely N-dealkylation sites (tertiary alicyclic amines) is 2. The van der Waals surface area contributed by atoms with Crippen molar-refractivity contribution in [2.45, 2.75) is 25.3 Å². The fourth-order valence-electron chi connectivity index (χ4n) is 4.83. The van der Waals surface area contributed by atoms with E-state index in [-0.39, 0.29) is 23.3 Å². The molecular weight excluding hydrogens is 346 g/mol. The zero-order valence-corrected chi connectivity index (χ0v) is 16.3. The molecule has 8 nitrogen and oxygen atoms in total. The van der Waals surface area contributed by atoms with Gasteiger partial charge in [0.15, 0.2) is 0 Å². The standard InChI is InChI=1S/C19H29N5O3/c1-21-14-19(13-16(21)18(26)24-9-11-27-12-10-24)4-7-23(8-5-19)17(25)15-3-6-20-22(15)2/h3,6,16H,4-5,7-14H2,1-2H3. The number of piperidine rings is 1. The molecule has 148 valence electrons. The Hall–Kier alpha value is -1.93. The van der Waals surface area contributed by atoms with Crippen LogP contribution in [-0.2, 0) is 16.6 Å². The zero-order chi connectivity index (χ0) is 19.0. The van der Waals surface area contributed by atoms with Crippen LogP contribution in [0.2, 0.25) is 0 Å². The van der Waals surface area contributed by atoms with Crippen LogP contribution in [0.15, 0.2) is 12.3 Å². The Kier molecular flexibility index (Phi) is 4.94. The van der Waals surface area contributed by atoms with E-state index >= 15 is 0 Å². The van der Waals surface area contributed by atoms with Gasteiger partial charge in [0.1, 0.15) is 5.69 Å². The molecule has 0 radical (unpaired) electrons. The highest BCUT2D eigenvalue weighted by molar-refractivity contribution is 5.92. The minimum atomic E-state index is -0.0394. The summed E-state index contributed by atoms with van der Waals surface area (Å²) in [6, 6.07) is 1.73. The van der Waals surface area contributed by atoms with E-state index in [4.69, 9.17) is 4.74 Å². The van der Waals surface area contributed by atoms with Gasteiger partial charge in [-0.25, -0.2) is 0 Å². The van der Waals surface area contributed by atoms with Crippen LogP contribution in [0.4, 0.5) is 0 Å². The van der Waals surface area contributed by atoms with E-state index in [1.807, 2.05) is 9.80 Å². The fourth-order valence-corrected chi connectivity index (χ4v) is 4.83. The SMILES string of the molecule is CN1CC2(CCN(C(=O)c3ccnn3C)CC2)CC1C(=O)N1CCOCC1. The molecule has 0 aliphatic carbocycles. The van der Waals surface area contributed by atoms with Crippen molar-refractivity contribution in [2.75, 3.05) is 53.0 Å². The Balaban J connectivity index is 1.37. The van der Waals surface area contributed by atoms with Gasteiger partial charge in [-0.2, -0.15) is 5.10 Å². The maximum atomic E-state index is 13.0. The van der Waals surface area contributed by atoms with Crippen molar-refractivity contribution in [1.29, 1.82) is 0 Å². The summed E-state index contributed by atoms with van der Waals surface area (Å²) in [5.41, 5.74) is 0.778. The quantitative estimate of drug-likeness (QED) is 0.739. The maximum Gasteiger partial charge on any atom is 0.272 e. The Morgan fingerprint density at radius 2 is 1.81 bits per heavy atom. The molecule has 0 bridgehead atoms. The van der Waals surface area contributed by atoms with Gasteiger partial charge in [-0.1, -0.05) is 0 Å². The average Bonchev–Trinajstić information content (AvgIpc) is 3.25. The highest BCUT2D eigenvalue weighted by Crippen LogP contribution is 2.43. The van der Waals surface area contributed by atoms with Crippen molar-refractivity contribution < 1.29 is 14.3 Å². The molecule has 3 aliphatic rings. The van der Waals surface area contributed by atoms with Crippen molar-refractivity contribution in [3.8, 4) is 0 Å². The lowest BCUT2D eigenvalue weighted by molar-refractivity contribution is -0.139. The lowest BCUT2D eigenvalue weighted by Crippen LogP contribution is -2.48. The van der Waals surface area contributed by atoms with Gasteiger partial charge in [-0.15, -0.1) is 0 Å². The summed E-state index contributed by atoms with van der Waals surface area (Å²) in [6.07, 6.45) is 4.46. The molecule has 3 saturated heterocycles. The lowest BCUT2D eigenvalue weighted by Gasteiger charge is -2.39. The smallest absolute Gasteiger partial charge is 0.272 e. The van der Waals surface area contributed by atoms with Crippen molar-refractivity contribution in [2.24, 2.45) is 12.5 Å².